The number of pyridine rings is 1. The van der Waals surface area contributed by atoms with Gasteiger partial charge in [0.2, 0.25) is 11.1 Å². The predicted molar refractivity (Wildman–Crippen MR) is 95.9 cm³/mol. The van der Waals surface area contributed by atoms with Gasteiger partial charge in [0.1, 0.15) is 5.01 Å². The Hall–Kier alpha value is -2.61. The summed E-state index contributed by atoms with van der Waals surface area (Å²) in [7, 11) is 0. The average molecular weight is 341 g/mol. The van der Waals surface area contributed by atoms with Crippen molar-refractivity contribution in [2.24, 2.45) is 0 Å². The number of anilines is 2. The first-order chi connectivity index (χ1) is 11.6. The molecule has 0 radical (unpaired) electrons. The molecule has 0 atom stereocenters. The Morgan fingerprint density at radius 2 is 2.00 bits per heavy atom. The molecule has 0 fully saturated rings. The average Bonchev–Trinajstić information content (AvgIpc) is 2.97. The summed E-state index contributed by atoms with van der Waals surface area (Å²) >= 11 is 1.43. The van der Waals surface area contributed by atoms with Crippen LogP contribution in [0.3, 0.4) is 0 Å². The van der Waals surface area contributed by atoms with Crippen molar-refractivity contribution in [1.29, 1.82) is 0 Å². The number of rotatable bonds is 6. The van der Waals surface area contributed by atoms with Crippen molar-refractivity contribution < 1.29 is 0 Å². The van der Waals surface area contributed by atoms with E-state index in [9.17, 15) is 0 Å². The van der Waals surface area contributed by atoms with Crippen molar-refractivity contribution in [1.82, 2.24) is 25.1 Å². The highest BCUT2D eigenvalue weighted by Gasteiger charge is 2.07. The van der Waals surface area contributed by atoms with Crippen molar-refractivity contribution >= 4 is 22.4 Å². The third kappa shape index (κ3) is 4.02. The van der Waals surface area contributed by atoms with Crippen molar-refractivity contribution in [3.63, 3.8) is 0 Å². The quantitative estimate of drug-likeness (QED) is 0.664. The Kier molecular flexibility index (Phi) is 4.95. The smallest absolute Gasteiger partial charge is 0.223 e. The number of aryl methyl sites for hydroxylation is 3. The molecule has 0 amide bonds. The molecule has 0 aliphatic rings. The molecular formula is C16H19N7S. The molecule has 0 saturated carbocycles. The molecule has 3 aromatic rings. The number of nitrogens with one attached hydrogen (secondary N) is 1. The van der Waals surface area contributed by atoms with Crippen LogP contribution in [0, 0.1) is 13.8 Å². The molecule has 3 rings (SSSR count). The van der Waals surface area contributed by atoms with Crippen molar-refractivity contribution in [2.75, 3.05) is 17.6 Å². The summed E-state index contributed by atoms with van der Waals surface area (Å²) in [6.45, 7) is 4.73. The molecule has 0 aliphatic heterocycles. The Bertz CT molecular complexity index is 831. The number of hydrogen-bond acceptors (Lipinski definition) is 8. The molecule has 124 valence electrons. The molecule has 0 bridgehead atoms. The van der Waals surface area contributed by atoms with Gasteiger partial charge in [-0.1, -0.05) is 11.3 Å². The maximum atomic E-state index is 5.57. The Balaban J connectivity index is 1.61. The molecule has 0 aromatic carbocycles. The lowest BCUT2D eigenvalue weighted by Gasteiger charge is -2.08. The fourth-order valence-corrected chi connectivity index (χ4v) is 3.01. The summed E-state index contributed by atoms with van der Waals surface area (Å²) in [5.74, 6) is 0.615. The number of nitrogens with two attached hydrogens (primary N) is 1. The zero-order valence-electron chi connectivity index (χ0n) is 13.7. The molecule has 0 saturated heterocycles. The molecule has 3 aromatic heterocycles. The molecule has 3 heterocycles. The number of hydrogen-bond donors (Lipinski definition) is 2. The second-order valence-electron chi connectivity index (χ2n) is 5.42. The van der Waals surface area contributed by atoms with Gasteiger partial charge < -0.3 is 11.1 Å². The van der Waals surface area contributed by atoms with Crippen LogP contribution >= 0.6 is 11.3 Å². The zero-order chi connectivity index (χ0) is 16.9. The van der Waals surface area contributed by atoms with E-state index < -0.39 is 0 Å². The monoisotopic (exact) mass is 341 g/mol. The van der Waals surface area contributed by atoms with Crippen LogP contribution in [-0.2, 0) is 6.42 Å². The van der Waals surface area contributed by atoms with E-state index in [0.29, 0.717) is 11.1 Å². The molecule has 0 spiro atoms. The summed E-state index contributed by atoms with van der Waals surface area (Å²) in [5, 5.41) is 12.5. The maximum absolute atomic E-state index is 5.57. The van der Waals surface area contributed by atoms with Crippen LogP contribution in [0.25, 0.3) is 11.3 Å². The summed E-state index contributed by atoms with van der Waals surface area (Å²) in [6, 6.07) is 5.93. The van der Waals surface area contributed by atoms with Crippen molar-refractivity contribution in [2.45, 2.75) is 26.7 Å². The fourth-order valence-electron chi connectivity index (χ4n) is 2.36. The summed E-state index contributed by atoms with van der Waals surface area (Å²) in [6.07, 6.45) is 3.51. The van der Waals surface area contributed by atoms with Gasteiger partial charge in [-0.15, -0.1) is 10.2 Å². The molecule has 8 heteroatoms. The third-order valence-electron chi connectivity index (χ3n) is 3.49. The lowest BCUT2D eigenvalue weighted by atomic mass is 10.1. The first-order valence-corrected chi connectivity index (χ1v) is 8.53. The Morgan fingerprint density at radius 1 is 1.12 bits per heavy atom. The summed E-state index contributed by atoms with van der Waals surface area (Å²) in [5.41, 5.74) is 9.43. The Morgan fingerprint density at radius 3 is 2.75 bits per heavy atom. The van der Waals surface area contributed by atoms with Gasteiger partial charge in [0.05, 0.1) is 5.69 Å². The van der Waals surface area contributed by atoms with Crippen LogP contribution < -0.4 is 11.1 Å². The normalized spacial score (nSPS) is 10.8. The van der Waals surface area contributed by atoms with E-state index in [-0.39, 0.29) is 0 Å². The highest BCUT2D eigenvalue weighted by molar-refractivity contribution is 7.15. The van der Waals surface area contributed by atoms with Crippen molar-refractivity contribution in [3.05, 3.63) is 40.8 Å². The first-order valence-electron chi connectivity index (χ1n) is 7.71. The minimum atomic E-state index is 0.510. The largest absolute Gasteiger partial charge is 0.374 e. The second kappa shape index (κ2) is 7.31. The van der Waals surface area contributed by atoms with Crippen LogP contribution in [-0.4, -0.2) is 31.7 Å². The molecule has 3 N–H and O–H groups in total. The second-order valence-corrected chi connectivity index (χ2v) is 6.51. The van der Waals surface area contributed by atoms with E-state index in [1.54, 1.807) is 6.20 Å². The molecule has 0 unspecified atom stereocenters. The SMILES string of the molecule is Cc1ccc(-c2ccnc(NCCCc3nnc(N)s3)n2)c(C)n1. The highest BCUT2D eigenvalue weighted by atomic mass is 32.1. The molecule has 7 nitrogen and oxygen atoms in total. The van der Waals surface area contributed by atoms with Gasteiger partial charge >= 0.3 is 0 Å². The van der Waals surface area contributed by atoms with Gasteiger partial charge in [-0.05, 0) is 38.5 Å². The third-order valence-corrected chi connectivity index (χ3v) is 4.30. The van der Waals surface area contributed by atoms with Gasteiger partial charge in [0, 0.05) is 36.1 Å². The van der Waals surface area contributed by atoms with Crippen LogP contribution in [0.15, 0.2) is 24.4 Å². The van der Waals surface area contributed by atoms with Gasteiger partial charge in [0.15, 0.2) is 0 Å². The minimum absolute atomic E-state index is 0.510. The lowest BCUT2D eigenvalue weighted by molar-refractivity contribution is 0.830. The van der Waals surface area contributed by atoms with Crippen LogP contribution in [0.5, 0.6) is 0 Å². The van der Waals surface area contributed by atoms with Gasteiger partial charge in [-0.25, -0.2) is 9.97 Å². The minimum Gasteiger partial charge on any atom is -0.374 e. The van der Waals surface area contributed by atoms with Gasteiger partial charge in [0.25, 0.3) is 0 Å². The molecular weight excluding hydrogens is 322 g/mol. The summed E-state index contributed by atoms with van der Waals surface area (Å²) in [4.78, 5) is 13.3. The van der Waals surface area contributed by atoms with E-state index in [2.05, 4.69) is 30.5 Å². The first kappa shape index (κ1) is 16.3. The van der Waals surface area contributed by atoms with Gasteiger partial charge in [-0.3, -0.25) is 4.98 Å². The van der Waals surface area contributed by atoms with Crippen molar-refractivity contribution in [3.8, 4) is 11.3 Å². The molecule has 0 aliphatic carbocycles. The highest BCUT2D eigenvalue weighted by Crippen LogP contribution is 2.21. The topological polar surface area (TPSA) is 102 Å². The molecule has 24 heavy (non-hydrogen) atoms. The number of nitrogen functional groups attached to an aromatic ring is 1. The van der Waals surface area contributed by atoms with Crippen LogP contribution in [0.1, 0.15) is 22.8 Å². The fraction of sp³-hybridized carbons (Fsp3) is 0.312. The predicted octanol–water partition coefficient (Wildman–Crippen LogP) is 2.63. The number of nitrogens with zero attached hydrogens (tertiary/aromatic N) is 5. The van der Waals surface area contributed by atoms with E-state index >= 15 is 0 Å². The Labute approximate surface area is 144 Å². The van der Waals surface area contributed by atoms with Crippen LogP contribution in [0.4, 0.5) is 11.1 Å². The van der Waals surface area contributed by atoms with E-state index in [0.717, 1.165) is 47.0 Å². The van der Waals surface area contributed by atoms with E-state index in [1.807, 2.05) is 32.0 Å². The standard InChI is InChI=1S/C16H19N7S/c1-10-5-6-12(11(2)20-10)13-7-9-19-16(21-13)18-8-3-4-14-22-23-15(17)24-14/h5-7,9H,3-4,8H2,1-2H3,(H2,17,23)(H,18,19,21). The summed E-state index contributed by atoms with van der Waals surface area (Å²) < 4.78 is 0. The number of aromatic nitrogens is 5. The van der Waals surface area contributed by atoms with Crippen LogP contribution in [0.2, 0.25) is 0 Å². The van der Waals surface area contributed by atoms with E-state index in [4.69, 9.17) is 5.73 Å². The maximum Gasteiger partial charge on any atom is 0.223 e. The van der Waals surface area contributed by atoms with Gasteiger partial charge in [-0.2, -0.15) is 0 Å². The zero-order valence-corrected chi connectivity index (χ0v) is 14.5. The van der Waals surface area contributed by atoms with E-state index in [1.165, 1.54) is 11.3 Å². The lowest BCUT2D eigenvalue weighted by Crippen LogP contribution is -2.07.